The van der Waals surface area contributed by atoms with Gasteiger partial charge in [0.25, 0.3) is 0 Å². The first-order valence-electron chi connectivity index (χ1n) is 6.05. The van der Waals surface area contributed by atoms with Crippen LogP contribution in [0.3, 0.4) is 0 Å². The lowest BCUT2D eigenvalue weighted by molar-refractivity contribution is 0.0297. The number of nitrogens with two attached hydrogens (primary N) is 1. The van der Waals surface area contributed by atoms with E-state index in [0.717, 1.165) is 13.0 Å². The molecule has 0 aliphatic carbocycles. The number of hydrogen-bond acceptors (Lipinski definition) is 3. The summed E-state index contributed by atoms with van der Waals surface area (Å²) in [6.45, 7) is 5.47. The molecule has 2 rings (SSSR count). The second-order valence-corrected chi connectivity index (χ2v) is 4.57. The van der Waals surface area contributed by atoms with Crippen molar-refractivity contribution in [3.05, 3.63) is 24.0 Å². The summed E-state index contributed by atoms with van der Waals surface area (Å²) >= 11 is 0. The highest BCUT2D eigenvalue weighted by atomic mass is 19.1. The molecule has 2 atom stereocenters. The summed E-state index contributed by atoms with van der Waals surface area (Å²) in [5.41, 5.74) is 6.65. The SMILES string of the molecule is CCC1COC(C)CN1c1ccc(N)cc1F. The Balaban J connectivity index is 2.28. The molecule has 1 aliphatic rings. The summed E-state index contributed by atoms with van der Waals surface area (Å²) in [7, 11) is 0. The first kappa shape index (κ1) is 12.2. The van der Waals surface area contributed by atoms with Crippen molar-refractivity contribution in [1.29, 1.82) is 0 Å². The fraction of sp³-hybridized carbons (Fsp3) is 0.538. The maximum Gasteiger partial charge on any atom is 0.148 e. The van der Waals surface area contributed by atoms with Gasteiger partial charge in [0, 0.05) is 12.2 Å². The molecular formula is C13H19FN2O. The maximum atomic E-state index is 13.9. The largest absolute Gasteiger partial charge is 0.399 e. The van der Waals surface area contributed by atoms with Crippen LogP contribution in [-0.4, -0.2) is 25.3 Å². The fourth-order valence-electron chi connectivity index (χ4n) is 2.23. The number of rotatable bonds is 2. The summed E-state index contributed by atoms with van der Waals surface area (Å²) in [5, 5.41) is 0. The van der Waals surface area contributed by atoms with Crippen molar-refractivity contribution in [1.82, 2.24) is 0 Å². The molecule has 4 heteroatoms. The normalized spacial score (nSPS) is 25.0. The molecule has 1 heterocycles. The van der Waals surface area contributed by atoms with E-state index >= 15 is 0 Å². The number of hydrogen-bond donors (Lipinski definition) is 1. The zero-order valence-electron chi connectivity index (χ0n) is 10.3. The Labute approximate surface area is 101 Å². The molecule has 2 N–H and O–H groups in total. The van der Waals surface area contributed by atoms with Crippen LogP contribution >= 0.6 is 0 Å². The average molecular weight is 238 g/mol. The molecule has 0 bridgehead atoms. The van der Waals surface area contributed by atoms with Gasteiger partial charge in [0.2, 0.25) is 0 Å². The molecule has 94 valence electrons. The van der Waals surface area contributed by atoms with Gasteiger partial charge in [0.1, 0.15) is 5.82 Å². The van der Waals surface area contributed by atoms with Crippen molar-refractivity contribution in [3.8, 4) is 0 Å². The lowest BCUT2D eigenvalue weighted by atomic mass is 10.1. The first-order valence-corrected chi connectivity index (χ1v) is 6.05. The van der Waals surface area contributed by atoms with Crippen LogP contribution in [0.5, 0.6) is 0 Å². The summed E-state index contributed by atoms with van der Waals surface area (Å²) in [6, 6.07) is 5.11. The van der Waals surface area contributed by atoms with E-state index in [2.05, 4.69) is 11.8 Å². The summed E-state index contributed by atoms with van der Waals surface area (Å²) in [4.78, 5) is 2.09. The third kappa shape index (κ3) is 2.52. The molecular weight excluding hydrogens is 219 g/mol. The molecule has 0 spiro atoms. The molecule has 1 aromatic rings. The Kier molecular flexibility index (Phi) is 3.52. The number of ether oxygens (including phenoxy) is 1. The van der Waals surface area contributed by atoms with Crippen LogP contribution in [0, 0.1) is 5.82 Å². The summed E-state index contributed by atoms with van der Waals surface area (Å²) < 4.78 is 19.5. The highest BCUT2D eigenvalue weighted by Crippen LogP contribution is 2.27. The minimum absolute atomic E-state index is 0.134. The van der Waals surface area contributed by atoms with Crippen LogP contribution < -0.4 is 10.6 Å². The highest BCUT2D eigenvalue weighted by molar-refractivity contribution is 5.55. The van der Waals surface area contributed by atoms with Crippen molar-refractivity contribution in [3.63, 3.8) is 0 Å². The molecule has 0 saturated carbocycles. The van der Waals surface area contributed by atoms with E-state index in [1.54, 1.807) is 12.1 Å². The van der Waals surface area contributed by atoms with Crippen LogP contribution in [0.4, 0.5) is 15.8 Å². The Hall–Kier alpha value is -1.29. The predicted molar refractivity (Wildman–Crippen MR) is 67.7 cm³/mol. The quantitative estimate of drug-likeness (QED) is 0.804. The minimum atomic E-state index is -0.252. The van der Waals surface area contributed by atoms with Gasteiger partial charge in [-0.1, -0.05) is 6.92 Å². The second-order valence-electron chi connectivity index (χ2n) is 4.57. The van der Waals surface area contributed by atoms with E-state index in [0.29, 0.717) is 18.0 Å². The first-order chi connectivity index (χ1) is 8.11. The zero-order chi connectivity index (χ0) is 12.4. The van der Waals surface area contributed by atoms with Crippen LogP contribution in [0.15, 0.2) is 18.2 Å². The van der Waals surface area contributed by atoms with Crippen LogP contribution in [0.25, 0.3) is 0 Å². The number of morpholine rings is 1. The van der Waals surface area contributed by atoms with Gasteiger partial charge in [-0.25, -0.2) is 4.39 Å². The average Bonchev–Trinajstić information content (AvgIpc) is 2.29. The van der Waals surface area contributed by atoms with E-state index in [1.165, 1.54) is 6.07 Å². The van der Waals surface area contributed by atoms with Crippen molar-refractivity contribution in [2.75, 3.05) is 23.8 Å². The molecule has 17 heavy (non-hydrogen) atoms. The number of benzene rings is 1. The van der Waals surface area contributed by atoms with Gasteiger partial charge in [-0.05, 0) is 31.5 Å². The van der Waals surface area contributed by atoms with Gasteiger partial charge in [-0.3, -0.25) is 0 Å². The molecule has 0 amide bonds. The Morgan fingerprint density at radius 1 is 1.53 bits per heavy atom. The van der Waals surface area contributed by atoms with E-state index in [1.807, 2.05) is 6.92 Å². The molecule has 0 aromatic heterocycles. The van der Waals surface area contributed by atoms with Crippen LogP contribution in [-0.2, 0) is 4.74 Å². The fourth-order valence-corrected chi connectivity index (χ4v) is 2.23. The van der Waals surface area contributed by atoms with Gasteiger partial charge >= 0.3 is 0 Å². The molecule has 3 nitrogen and oxygen atoms in total. The predicted octanol–water partition coefficient (Wildman–Crippen LogP) is 2.41. The van der Waals surface area contributed by atoms with Crippen molar-refractivity contribution in [2.45, 2.75) is 32.4 Å². The molecule has 1 aliphatic heterocycles. The minimum Gasteiger partial charge on any atom is -0.399 e. The van der Waals surface area contributed by atoms with E-state index in [9.17, 15) is 4.39 Å². The lowest BCUT2D eigenvalue weighted by Gasteiger charge is -2.40. The van der Waals surface area contributed by atoms with E-state index in [-0.39, 0.29) is 18.0 Å². The molecule has 1 aromatic carbocycles. The van der Waals surface area contributed by atoms with E-state index in [4.69, 9.17) is 10.5 Å². The maximum absolute atomic E-state index is 13.9. The topological polar surface area (TPSA) is 38.5 Å². The van der Waals surface area contributed by atoms with Crippen molar-refractivity contribution in [2.24, 2.45) is 0 Å². The van der Waals surface area contributed by atoms with Crippen molar-refractivity contribution >= 4 is 11.4 Å². The Morgan fingerprint density at radius 2 is 2.29 bits per heavy atom. The van der Waals surface area contributed by atoms with E-state index < -0.39 is 0 Å². The van der Waals surface area contributed by atoms with Gasteiger partial charge in [-0.15, -0.1) is 0 Å². The Morgan fingerprint density at radius 3 is 2.94 bits per heavy atom. The third-order valence-electron chi connectivity index (χ3n) is 3.22. The van der Waals surface area contributed by atoms with Gasteiger partial charge in [0.15, 0.2) is 0 Å². The molecule has 1 fully saturated rings. The molecule has 1 saturated heterocycles. The summed E-state index contributed by atoms with van der Waals surface area (Å²) in [6.07, 6.45) is 1.08. The third-order valence-corrected chi connectivity index (χ3v) is 3.22. The smallest absolute Gasteiger partial charge is 0.148 e. The van der Waals surface area contributed by atoms with Gasteiger partial charge in [0.05, 0.1) is 24.4 Å². The number of anilines is 2. The number of nitrogen functional groups attached to an aromatic ring is 1. The van der Waals surface area contributed by atoms with Crippen LogP contribution in [0.1, 0.15) is 20.3 Å². The second kappa shape index (κ2) is 4.92. The summed E-state index contributed by atoms with van der Waals surface area (Å²) in [5.74, 6) is -0.252. The highest BCUT2D eigenvalue weighted by Gasteiger charge is 2.27. The monoisotopic (exact) mass is 238 g/mol. The Bertz CT molecular complexity index is 397. The molecule has 2 unspecified atom stereocenters. The standard InChI is InChI=1S/C13H19FN2O/c1-3-11-8-17-9(2)7-16(11)13-5-4-10(15)6-12(13)14/h4-6,9,11H,3,7-8,15H2,1-2H3. The van der Waals surface area contributed by atoms with Crippen molar-refractivity contribution < 1.29 is 9.13 Å². The van der Waals surface area contributed by atoms with Crippen LogP contribution in [0.2, 0.25) is 0 Å². The molecule has 0 radical (unpaired) electrons. The van der Waals surface area contributed by atoms with Gasteiger partial charge in [-0.2, -0.15) is 0 Å². The van der Waals surface area contributed by atoms with Gasteiger partial charge < -0.3 is 15.4 Å². The lowest BCUT2D eigenvalue weighted by Crippen LogP contribution is -2.49. The number of nitrogens with zero attached hydrogens (tertiary/aromatic N) is 1. The zero-order valence-corrected chi connectivity index (χ0v) is 10.3. The number of halogens is 1.